The highest BCUT2D eigenvalue weighted by Gasteiger charge is 2.78. The number of benzene rings is 2. The van der Waals surface area contributed by atoms with Gasteiger partial charge in [-0.1, -0.05) is 19.1 Å². The number of fused-ring (bicyclic) bond motifs is 3. The maximum atomic E-state index is 15.3. The molecule has 5 aliphatic rings. The Hall–Kier alpha value is -4.65. The average molecular weight is 728 g/mol. The van der Waals surface area contributed by atoms with Crippen LogP contribution in [0.25, 0.3) is 22.3 Å². The Kier molecular flexibility index (Phi) is 8.03. The molecule has 0 radical (unpaired) electrons. The highest BCUT2D eigenvalue weighted by atomic mass is 19.3. The summed E-state index contributed by atoms with van der Waals surface area (Å²) in [4.78, 5) is 47.4. The van der Waals surface area contributed by atoms with E-state index in [1.165, 1.54) is 6.07 Å². The van der Waals surface area contributed by atoms with Gasteiger partial charge >= 0.3 is 0 Å². The molecule has 53 heavy (non-hydrogen) atoms. The van der Waals surface area contributed by atoms with Crippen LogP contribution in [0.3, 0.4) is 0 Å². The summed E-state index contributed by atoms with van der Waals surface area (Å²) in [6.07, 6.45) is 3.12. The number of imide groups is 1. The number of aromatic amines is 2. The Labute approximate surface area is 305 Å². The van der Waals surface area contributed by atoms with Crippen molar-refractivity contribution in [2.75, 3.05) is 44.2 Å². The van der Waals surface area contributed by atoms with Crippen molar-refractivity contribution in [1.82, 2.24) is 30.3 Å². The molecular formula is C40H44F3N7O3. The van der Waals surface area contributed by atoms with E-state index in [0.717, 1.165) is 66.9 Å². The van der Waals surface area contributed by atoms with Gasteiger partial charge in [0, 0.05) is 97.2 Å². The Morgan fingerprint density at radius 2 is 1.83 bits per heavy atom. The fourth-order valence-electron chi connectivity index (χ4n) is 9.55. The minimum absolute atomic E-state index is 0.0130. The summed E-state index contributed by atoms with van der Waals surface area (Å²) in [5.74, 6) is -4.34. The number of H-pyrrole nitrogens is 2. The van der Waals surface area contributed by atoms with E-state index in [1.54, 1.807) is 13.0 Å². The lowest BCUT2D eigenvalue weighted by atomic mass is 9.87. The van der Waals surface area contributed by atoms with Crippen LogP contribution in [-0.2, 0) is 22.4 Å². The number of piperazine rings is 1. The van der Waals surface area contributed by atoms with Gasteiger partial charge in [-0.2, -0.15) is 5.10 Å². The number of alkyl halides is 2. The predicted octanol–water partition coefficient (Wildman–Crippen LogP) is 5.65. The van der Waals surface area contributed by atoms with Gasteiger partial charge in [-0.05, 0) is 74.4 Å². The molecule has 3 amide bonds. The van der Waals surface area contributed by atoms with E-state index in [4.69, 9.17) is 0 Å². The standard InChI is InChI=1S/C40H44F3N7O3/c1-22-20-50(14-13-49(22)21-23-9-11-48(12-10-23)33-7-5-24(15-29(33)41)27-6-8-35(51)45-37(27)52)38(53)26-4-3-25-16-31(44-30(25)17-26)36-28-18-34-39(2,40(34,42)43)19-32(28)46-47-36/h3-5,7,15-17,22-23,27,34,44H,6,8-14,18-21H2,1-2H3,(H,46,47)(H,45,51,52)/t22-,27?,34+,39-/m1/s1. The molecule has 3 N–H and O–H groups in total. The molecule has 3 saturated heterocycles. The number of piperidine rings is 2. The van der Waals surface area contributed by atoms with Crippen LogP contribution in [-0.4, -0.2) is 93.9 Å². The lowest BCUT2D eigenvalue weighted by Gasteiger charge is -2.43. The third-order valence-electron chi connectivity index (χ3n) is 13.0. The van der Waals surface area contributed by atoms with E-state index in [-0.39, 0.29) is 36.0 Å². The average Bonchev–Trinajstić information content (AvgIpc) is 3.52. The molecule has 0 bridgehead atoms. The van der Waals surface area contributed by atoms with Crippen molar-refractivity contribution in [3.8, 4) is 11.4 Å². The lowest BCUT2D eigenvalue weighted by molar-refractivity contribution is -0.134. The third-order valence-corrected chi connectivity index (χ3v) is 13.0. The Morgan fingerprint density at radius 1 is 1.02 bits per heavy atom. The first-order valence-corrected chi connectivity index (χ1v) is 18.9. The lowest BCUT2D eigenvalue weighted by Crippen LogP contribution is -2.55. The predicted molar refractivity (Wildman–Crippen MR) is 193 cm³/mol. The Morgan fingerprint density at radius 3 is 2.58 bits per heavy atom. The molecule has 2 aromatic carbocycles. The molecule has 1 saturated carbocycles. The molecule has 0 spiro atoms. The van der Waals surface area contributed by atoms with Crippen molar-refractivity contribution in [3.05, 3.63) is 70.7 Å². The number of nitrogens with zero attached hydrogens (tertiary/aromatic N) is 4. The summed E-state index contributed by atoms with van der Waals surface area (Å²) < 4.78 is 44.3. The summed E-state index contributed by atoms with van der Waals surface area (Å²) >= 11 is 0. The zero-order chi connectivity index (χ0) is 36.8. The zero-order valence-corrected chi connectivity index (χ0v) is 30.0. The van der Waals surface area contributed by atoms with Crippen LogP contribution < -0.4 is 10.2 Å². The van der Waals surface area contributed by atoms with E-state index >= 15 is 4.39 Å². The van der Waals surface area contributed by atoms with Crippen LogP contribution >= 0.6 is 0 Å². The highest BCUT2D eigenvalue weighted by molar-refractivity contribution is 6.01. The smallest absolute Gasteiger partial charge is 0.258 e. The molecule has 1 unspecified atom stereocenters. The molecule has 2 aliphatic carbocycles. The van der Waals surface area contributed by atoms with Gasteiger partial charge in [-0.25, -0.2) is 13.2 Å². The molecule has 3 aliphatic heterocycles. The normalized spacial score (nSPS) is 27.5. The van der Waals surface area contributed by atoms with Crippen molar-refractivity contribution >= 4 is 34.3 Å². The van der Waals surface area contributed by atoms with Gasteiger partial charge in [-0.15, -0.1) is 0 Å². The number of anilines is 1. The Bertz CT molecular complexity index is 2140. The van der Waals surface area contributed by atoms with E-state index in [0.29, 0.717) is 60.8 Å². The molecule has 9 rings (SSSR count). The number of aromatic nitrogens is 3. The number of rotatable bonds is 6. The second kappa shape index (κ2) is 12.5. The SMILES string of the molecule is C[C@@H]1CN(C(=O)c2ccc3cc(-c4n[nH]c5c4C[C@@H]4C(F)(F)[C@]4(C)C5)[nH]c3c2)CCN1CC1CCN(c2ccc(C3CCC(=O)NC3=O)cc2F)CC1. The number of carbonyl (C=O) groups is 3. The first-order chi connectivity index (χ1) is 25.4. The topological polar surface area (TPSA) is 117 Å². The minimum atomic E-state index is -2.65. The van der Waals surface area contributed by atoms with Gasteiger partial charge in [0.05, 0.1) is 17.3 Å². The number of carbonyl (C=O) groups excluding carboxylic acids is 3. The Balaban J connectivity index is 0.790. The maximum absolute atomic E-state index is 15.3. The first kappa shape index (κ1) is 34.1. The van der Waals surface area contributed by atoms with Crippen LogP contribution in [0.15, 0.2) is 42.5 Å². The largest absolute Gasteiger partial charge is 0.369 e. The van der Waals surface area contributed by atoms with Crippen molar-refractivity contribution in [3.63, 3.8) is 0 Å². The van der Waals surface area contributed by atoms with Gasteiger partial charge in [0.2, 0.25) is 11.8 Å². The van der Waals surface area contributed by atoms with Crippen molar-refractivity contribution in [2.45, 2.75) is 70.3 Å². The van der Waals surface area contributed by atoms with Gasteiger partial charge < -0.3 is 14.8 Å². The van der Waals surface area contributed by atoms with Crippen LogP contribution in [0.1, 0.15) is 72.6 Å². The van der Waals surface area contributed by atoms with E-state index in [1.807, 2.05) is 35.2 Å². The first-order valence-electron chi connectivity index (χ1n) is 18.9. The number of amides is 3. The number of nitrogens with one attached hydrogen (secondary N) is 3. The van der Waals surface area contributed by atoms with Crippen LogP contribution in [0.5, 0.6) is 0 Å². The minimum Gasteiger partial charge on any atom is -0.369 e. The van der Waals surface area contributed by atoms with Crippen LogP contribution in [0.4, 0.5) is 18.9 Å². The number of halogens is 3. The quantitative estimate of drug-likeness (QED) is 0.221. The van der Waals surface area contributed by atoms with Crippen LogP contribution in [0, 0.1) is 23.1 Å². The van der Waals surface area contributed by atoms with Gasteiger partial charge in [0.15, 0.2) is 0 Å². The second-order valence-electron chi connectivity index (χ2n) is 16.2. The fourth-order valence-corrected chi connectivity index (χ4v) is 9.55. The molecule has 2 aromatic heterocycles. The molecule has 10 nitrogen and oxygen atoms in total. The molecule has 4 atom stereocenters. The molecular weight excluding hydrogens is 683 g/mol. The van der Waals surface area contributed by atoms with E-state index in [9.17, 15) is 23.2 Å². The van der Waals surface area contributed by atoms with Gasteiger partial charge in [0.25, 0.3) is 11.8 Å². The van der Waals surface area contributed by atoms with E-state index < -0.39 is 23.2 Å². The number of hydrogen-bond donors (Lipinski definition) is 3. The van der Waals surface area contributed by atoms with Crippen molar-refractivity contribution in [1.29, 1.82) is 0 Å². The molecule has 278 valence electrons. The molecule has 4 aromatic rings. The zero-order valence-electron chi connectivity index (χ0n) is 30.0. The van der Waals surface area contributed by atoms with Gasteiger partial charge in [0.1, 0.15) is 11.5 Å². The summed E-state index contributed by atoms with van der Waals surface area (Å²) in [6.45, 7) is 8.28. The monoisotopic (exact) mass is 727 g/mol. The number of hydrogen-bond acceptors (Lipinski definition) is 6. The van der Waals surface area contributed by atoms with Crippen molar-refractivity contribution in [2.24, 2.45) is 17.3 Å². The van der Waals surface area contributed by atoms with Gasteiger partial charge in [-0.3, -0.25) is 29.7 Å². The molecule has 13 heteroatoms. The molecule has 4 fully saturated rings. The fraction of sp³-hybridized carbons (Fsp3) is 0.500. The summed E-state index contributed by atoms with van der Waals surface area (Å²) in [6, 6.07) is 12.8. The second-order valence-corrected chi connectivity index (χ2v) is 16.2. The summed E-state index contributed by atoms with van der Waals surface area (Å²) in [5, 5.41) is 10.8. The van der Waals surface area contributed by atoms with E-state index in [2.05, 4.69) is 37.2 Å². The van der Waals surface area contributed by atoms with Crippen LogP contribution in [0.2, 0.25) is 0 Å². The third kappa shape index (κ3) is 5.73. The summed E-state index contributed by atoms with van der Waals surface area (Å²) in [5.41, 5.74) is 4.66. The molecule has 5 heterocycles. The highest BCUT2D eigenvalue weighted by Crippen LogP contribution is 2.70. The van der Waals surface area contributed by atoms with Crippen molar-refractivity contribution < 1.29 is 27.6 Å². The maximum Gasteiger partial charge on any atom is 0.258 e. The summed E-state index contributed by atoms with van der Waals surface area (Å²) in [7, 11) is 0.